The highest BCUT2D eigenvalue weighted by molar-refractivity contribution is 5.91. The lowest BCUT2D eigenvalue weighted by molar-refractivity contribution is -0.0911. The number of alkyl carbamates (subject to hydrolysis) is 1. The summed E-state index contributed by atoms with van der Waals surface area (Å²) in [7, 11) is 0. The van der Waals surface area contributed by atoms with Crippen molar-refractivity contribution in [2.45, 2.75) is 31.2 Å². The van der Waals surface area contributed by atoms with Crippen LogP contribution >= 0.6 is 0 Å². The predicted octanol–water partition coefficient (Wildman–Crippen LogP) is 5.32. The minimum absolute atomic E-state index is 0.0758. The van der Waals surface area contributed by atoms with Gasteiger partial charge in [0.25, 0.3) is 5.92 Å². The molecule has 2 aromatic carbocycles. The Morgan fingerprint density at radius 3 is 2.47 bits per heavy atom. The average Bonchev–Trinajstić information content (AvgIpc) is 3.00. The molecule has 1 aliphatic rings. The Morgan fingerprint density at radius 1 is 1.10 bits per heavy atom. The molecule has 1 saturated carbocycles. The first-order valence-corrected chi connectivity index (χ1v) is 9.28. The first-order valence-electron chi connectivity index (χ1n) is 9.28. The van der Waals surface area contributed by atoms with Crippen LogP contribution in [0.1, 0.15) is 18.4 Å². The van der Waals surface area contributed by atoms with Gasteiger partial charge in [0.1, 0.15) is 17.5 Å². The number of carbonyl (C=O) groups is 1. The van der Waals surface area contributed by atoms with E-state index in [1.165, 1.54) is 24.3 Å². The molecule has 3 aromatic rings. The summed E-state index contributed by atoms with van der Waals surface area (Å²) in [5.41, 5.74) is 1.55. The number of hydrogen-bond donors (Lipinski definition) is 2. The molecule has 0 saturated heterocycles. The zero-order valence-corrected chi connectivity index (χ0v) is 15.6. The fourth-order valence-corrected chi connectivity index (χ4v) is 3.61. The van der Waals surface area contributed by atoms with Crippen molar-refractivity contribution in [3.8, 4) is 11.3 Å². The van der Waals surface area contributed by atoms with Crippen LogP contribution in [0.15, 0.2) is 36.4 Å². The normalized spacial score (nSPS) is 15.8. The van der Waals surface area contributed by atoms with Gasteiger partial charge < -0.3 is 15.0 Å². The maximum absolute atomic E-state index is 14.2. The third kappa shape index (κ3) is 4.10. The summed E-state index contributed by atoms with van der Waals surface area (Å²) in [4.78, 5) is 14.7. The lowest BCUT2D eigenvalue weighted by Gasteiger charge is -2.34. The van der Waals surface area contributed by atoms with E-state index in [0.717, 1.165) is 12.1 Å². The largest absolute Gasteiger partial charge is 0.449 e. The van der Waals surface area contributed by atoms with E-state index in [-0.39, 0.29) is 23.9 Å². The molecule has 30 heavy (non-hydrogen) atoms. The minimum atomic E-state index is -2.76. The van der Waals surface area contributed by atoms with Gasteiger partial charge >= 0.3 is 6.09 Å². The fourth-order valence-electron chi connectivity index (χ4n) is 3.61. The van der Waals surface area contributed by atoms with E-state index in [1.807, 2.05) is 0 Å². The van der Waals surface area contributed by atoms with Crippen molar-refractivity contribution in [1.82, 2.24) is 10.3 Å². The van der Waals surface area contributed by atoms with Crippen LogP contribution in [-0.2, 0) is 11.2 Å². The molecule has 158 valence electrons. The van der Waals surface area contributed by atoms with Gasteiger partial charge in [0, 0.05) is 42.5 Å². The van der Waals surface area contributed by atoms with Gasteiger partial charge in [-0.3, -0.25) is 0 Å². The number of ether oxygens (including phenoxy) is 1. The molecule has 1 aliphatic carbocycles. The highest BCUT2D eigenvalue weighted by atomic mass is 19.3. The molecule has 1 fully saturated rings. The van der Waals surface area contributed by atoms with Gasteiger partial charge in [-0.05, 0) is 41.5 Å². The number of aromatic amines is 1. The number of carbonyl (C=O) groups excluding carboxylic acids is 1. The first kappa shape index (κ1) is 20.2. The Balaban J connectivity index is 1.53. The maximum Gasteiger partial charge on any atom is 0.407 e. The van der Waals surface area contributed by atoms with Crippen molar-refractivity contribution in [3.05, 3.63) is 59.4 Å². The lowest BCUT2D eigenvalue weighted by Crippen LogP contribution is -2.50. The van der Waals surface area contributed by atoms with Gasteiger partial charge in [-0.25, -0.2) is 26.7 Å². The van der Waals surface area contributed by atoms with E-state index in [1.54, 1.807) is 0 Å². The molecule has 0 unspecified atom stereocenters. The van der Waals surface area contributed by atoms with Crippen molar-refractivity contribution in [3.63, 3.8) is 0 Å². The highest BCUT2D eigenvalue weighted by Gasteiger charge is 2.46. The number of fused-ring (bicyclic) bond motifs is 1. The number of H-pyrrole nitrogens is 1. The third-order valence-corrected chi connectivity index (χ3v) is 5.06. The Bertz CT molecular complexity index is 1090. The van der Waals surface area contributed by atoms with E-state index in [4.69, 9.17) is 4.74 Å². The van der Waals surface area contributed by atoms with Crippen LogP contribution < -0.4 is 5.32 Å². The lowest BCUT2D eigenvalue weighted by atomic mass is 9.88. The standard InChI is InChI=1S/C21H17F5N2O2/c22-12-3-1-11(2-4-12)18-15(16-7-13(23)8-17(24)19(16)28-18)5-6-30-20(29)27-14-9-21(25,26)10-14/h1-4,7-8,14,28H,5-6,9-10H2,(H,27,29). The van der Waals surface area contributed by atoms with Gasteiger partial charge in [-0.2, -0.15) is 0 Å². The van der Waals surface area contributed by atoms with Crippen LogP contribution in [0.5, 0.6) is 0 Å². The van der Waals surface area contributed by atoms with Gasteiger partial charge in [-0.1, -0.05) is 0 Å². The monoisotopic (exact) mass is 424 g/mol. The number of rotatable bonds is 5. The molecular formula is C21H17F5N2O2. The molecular weight excluding hydrogens is 407 g/mol. The van der Waals surface area contributed by atoms with E-state index < -0.39 is 48.4 Å². The Hall–Kier alpha value is -3.10. The average molecular weight is 424 g/mol. The first-order chi connectivity index (χ1) is 14.2. The minimum Gasteiger partial charge on any atom is -0.449 e. The van der Waals surface area contributed by atoms with Crippen LogP contribution in [0.4, 0.5) is 26.7 Å². The molecule has 2 N–H and O–H groups in total. The second-order valence-electron chi connectivity index (χ2n) is 7.29. The fraction of sp³-hybridized carbons (Fsp3) is 0.286. The van der Waals surface area contributed by atoms with Crippen molar-refractivity contribution >= 4 is 17.0 Å². The number of amides is 1. The van der Waals surface area contributed by atoms with Crippen LogP contribution in [0.3, 0.4) is 0 Å². The van der Waals surface area contributed by atoms with Crippen molar-refractivity contribution in [1.29, 1.82) is 0 Å². The number of alkyl halides is 2. The summed E-state index contributed by atoms with van der Waals surface area (Å²) in [5.74, 6) is -4.77. The van der Waals surface area contributed by atoms with Gasteiger partial charge in [0.05, 0.1) is 12.1 Å². The predicted molar refractivity (Wildman–Crippen MR) is 99.8 cm³/mol. The van der Waals surface area contributed by atoms with E-state index >= 15 is 0 Å². The molecule has 1 aromatic heterocycles. The van der Waals surface area contributed by atoms with Gasteiger partial charge in [0.15, 0.2) is 0 Å². The van der Waals surface area contributed by atoms with E-state index in [0.29, 0.717) is 16.8 Å². The molecule has 9 heteroatoms. The van der Waals surface area contributed by atoms with Crippen LogP contribution in [0, 0.1) is 17.5 Å². The van der Waals surface area contributed by atoms with Crippen molar-refractivity contribution in [2.24, 2.45) is 0 Å². The smallest absolute Gasteiger partial charge is 0.407 e. The molecule has 1 amide bonds. The number of benzene rings is 2. The Morgan fingerprint density at radius 2 is 1.80 bits per heavy atom. The number of nitrogens with one attached hydrogen (secondary N) is 2. The number of hydrogen-bond acceptors (Lipinski definition) is 2. The topological polar surface area (TPSA) is 54.1 Å². The molecule has 0 spiro atoms. The number of halogens is 5. The molecule has 4 nitrogen and oxygen atoms in total. The van der Waals surface area contributed by atoms with Crippen LogP contribution in [0.25, 0.3) is 22.2 Å². The van der Waals surface area contributed by atoms with Crippen molar-refractivity contribution < 1.29 is 31.5 Å². The Labute approximate surface area is 168 Å². The summed E-state index contributed by atoms with van der Waals surface area (Å²) >= 11 is 0. The highest BCUT2D eigenvalue weighted by Crippen LogP contribution is 2.37. The Kier molecular flexibility index (Phi) is 5.13. The van der Waals surface area contributed by atoms with Crippen LogP contribution in [-0.4, -0.2) is 29.6 Å². The summed E-state index contributed by atoms with van der Waals surface area (Å²) < 4.78 is 72.0. The molecule has 0 bridgehead atoms. The second kappa shape index (κ2) is 7.62. The quantitative estimate of drug-likeness (QED) is 0.545. The summed E-state index contributed by atoms with van der Waals surface area (Å²) in [6, 6.07) is 6.71. The molecule has 0 aliphatic heterocycles. The SMILES string of the molecule is O=C(NC1CC(F)(F)C1)OCCc1c(-c2ccc(F)cc2)[nH]c2c(F)cc(F)cc12. The zero-order valence-electron chi connectivity index (χ0n) is 15.6. The summed E-state index contributed by atoms with van der Waals surface area (Å²) in [6.45, 7) is -0.145. The second-order valence-corrected chi connectivity index (χ2v) is 7.29. The van der Waals surface area contributed by atoms with E-state index in [9.17, 15) is 26.7 Å². The molecule has 1 heterocycles. The number of aromatic nitrogens is 1. The maximum atomic E-state index is 14.2. The van der Waals surface area contributed by atoms with Crippen molar-refractivity contribution in [2.75, 3.05) is 6.61 Å². The summed E-state index contributed by atoms with van der Waals surface area (Å²) in [6.07, 6.45) is -1.60. The third-order valence-electron chi connectivity index (χ3n) is 5.06. The van der Waals surface area contributed by atoms with Gasteiger partial charge in [-0.15, -0.1) is 0 Å². The molecule has 0 atom stereocenters. The van der Waals surface area contributed by atoms with Crippen LogP contribution in [0.2, 0.25) is 0 Å². The van der Waals surface area contributed by atoms with Gasteiger partial charge in [0.2, 0.25) is 0 Å². The summed E-state index contributed by atoms with van der Waals surface area (Å²) in [5, 5.41) is 2.62. The van der Waals surface area contributed by atoms with E-state index in [2.05, 4.69) is 10.3 Å². The molecule has 4 rings (SSSR count). The molecule has 0 radical (unpaired) electrons. The zero-order chi connectivity index (χ0) is 21.5.